The Morgan fingerprint density at radius 2 is 1.77 bits per heavy atom. The van der Waals surface area contributed by atoms with Crippen molar-refractivity contribution in [1.82, 2.24) is 10.3 Å². The maximum absolute atomic E-state index is 13.6. The van der Waals surface area contributed by atoms with E-state index in [1.165, 1.54) is 0 Å². The zero-order chi connectivity index (χ0) is 18.7. The van der Waals surface area contributed by atoms with Gasteiger partial charge in [-0.1, -0.05) is 24.3 Å². The van der Waals surface area contributed by atoms with Gasteiger partial charge in [-0.15, -0.1) is 4.83 Å². The average Bonchev–Trinajstić information content (AvgIpc) is 2.60. The summed E-state index contributed by atoms with van der Waals surface area (Å²) in [7, 11) is -4.57. The van der Waals surface area contributed by atoms with Crippen LogP contribution in [0.15, 0.2) is 47.4 Å². The number of hydrogen-bond acceptors (Lipinski definition) is 4. The highest BCUT2D eigenvalue weighted by Gasteiger charge is 2.25. The van der Waals surface area contributed by atoms with Crippen molar-refractivity contribution in [3.05, 3.63) is 59.7 Å². The molecule has 0 fully saturated rings. The third-order valence-electron chi connectivity index (χ3n) is 4.05. The molecule has 1 heterocycles. The van der Waals surface area contributed by atoms with E-state index in [0.717, 1.165) is 42.3 Å². The van der Waals surface area contributed by atoms with Crippen LogP contribution in [0.1, 0.15) is 12.0 Å². The Kier molecular flexibility index (Phi) is 5.19. The van der Waals surface area contributed by atoms with Crippen molar-refractivity contribution < 1.29 is 22.0 Å². The zero-order valence-corrected chi connectivity index (χ0v) is 14.5. The molecule has 0 atom stereocenters. The lowest BCUT2D eigenvalue weighted by Gasteiger charge is -2.30. The van der Waals surface area contributed by atoms with Gasteiger partial charge < -0.3 is 4.90 Å². The number of aryl methyl sites for hydroxylation is 1. The molecular formula is C17H17F2N3O3S. The number of carbonyl (C=O) groups excluding carboxylic acids is 1. The van der Waals surface area contributed by atoms with Gasteiger partial charge in [-0.25, -0.2) is 17.2 Å². The molecule has 1 aliphatic heterocycles. The minimum absolute atomic E-state index is 0.0840. The number of carbonyl (C=O) groups is 1. The molecule has 1 amide bonds. The highest BCUT2D eigenvalue weighted by Crippen LogP contribution is 2.26. The van der Waals surface area contributed by atoms with Crippen molar-refractivity contribution in [2.45, 2.75) is 17.7 Å². The molecule has 2 aromatic carbocycles. The Morgan fingerprint density at radius 1 is 1.08 bits per heavy atom. The predicted molar refractivity (Wildman–Crippen MR) is 91.8 cm³/mol. The molecule has 0 aromatic heterocycles. The predicted octanol–water partition coefficient (Wildman–Crippen LogP) is 1.73. The van der Waals surface area contributed by atoms with Gasteiger partial charge in [-0.2, -0.15) is 0 Å². The van der Waals surface area contributed by atoms with Crippen LogP contribution in [0.25, 0.3) is 0 Å². The van der Waals surface area contributed by atoms with Crippen LogP contribution in [0.3, 0.4) is 0 Å². The summed E-state index contributed by atoms with van der Waals surface area (Å²) in [4.78, 5) is 14.5. The van der Waals surface area contributed by atoms with Crippen LogP contribution in [0.2, 0.25) is 0 Å². The summed E-state index contributed by atoms with van der Waals surface area (Å²) in [5.41, 5.74) is 4.03. The summed E-state index contributed by atoms with van der Waals surface area (Å²) in [6, 6.07) is 10.3. The maximum Gasteiger partial charge on any atom is 0.263 e. The molecule has 2 N–H and O–H groups in total. The SMILES string of the molecule is O=C(CN1CCCc2ccccc21)NNS(=O)(=O)c1c(F)cccc1F. The lowest BCUT2D eigenvalue weighted by Crippen LogP contribution is -2.47. The molecule has 0 unspecified atom stereocenters. The maximum atomic E-state index is 13.6. The number of fused-ring (bicyclic) bond motifs is 1. The van der Waals surface area contributed by atoms with Crippen LogP contribution in [0, 0.1) is 11.6 Å². The standard InChI is InChI=1S/C17H17F2N3O3S/c18-13-7-3-8-14(19)17(13)26(24,25)21-20-16(23)11-22-10-4-6-12-5-1-2-9-15(12)22/h1-3,5,7-9,21H,4,6,10-11H2,(H,20,23). The summed E-state index contributed by atoms with van der Waals surface area (Å²) in [5.74, 6) is -3.12. The fourth-order valence-corrected chi connectivity index (χ4v) is 3.90. The molecule has 1 aliphatic rings. The van der Waals surface area contributed by atoms with Crippen molar-refractivity contribution in [2.24, 2.45) is 0 Å². The number of anilines is 1. The number of nitrogens with one attached hydrogen (secondary N) is 2. The van der Waals surface area contributed by atoms with Gasteiger partial charge in [0.05, 0.1) is 6.54 Å². The van der Waals surface area contributed by atoms with Gasteiger partial charge in [0.2, 0.25) is 0 Å². The van der Waals surface area contributed by atoms with E-state index >= 15 is 0 Å². The van der Waals surface area contributed by atoms with Crippen LogP contribution >= 0.6 is 0 Å². The molecule has 0 aliphatic carbocycles. The summed E-state index contributed by atoms with van der Waals surface area (Å²) in [6.45, 7) is 0.568. The van der Waals surface area contributed by atoms with Crippen LogP contribution in [-0.2, 0) is 21.2 Å². The number of para-hydroxylation sites is 1. The number of hydrogen-bond donors (Lipinski definition) is 2. The van der Waals surface area contributed by atoms with Crippen LogP contribution in [-0.4, -0.2) is 27.4 Å². The Morgan fingerprint density at radius 3 is 2.50 bits per heavy atom. The lowest BCUT2D eigenvalue weighted by molar-refractivity contribution is -0.120. The molecular weight excluding hydrogens is 364 g/mol. The number of benzene rings is 2. The number of halogens is 2. The smallest absolute Gasteiger partial charge is 0.263 e. The topological polar surface area (TPSA) is 78.5 Å². The van der Waals surface area contributed by atoms with Gasteiger partial charge in [0.25, 0.3) is 15.9 Å². The minimum Gasteiger partial charge on any atom is -0.362 e. The highest BCUT2D eigenvalue weighted by atomic mass is 32.2. The summed E-state index contributed by atoms with van der Waals surface area (Å²) in [6.07, 6.45) is 1.78. The van der Waals surface area contributed by atoms with Crippen LogP contribution in [0.5, 0.6) is 0 Å². The molecule has 3 rings (SSSR count). The average molecular weight is 381 g/mol. The molecule has 138 valence electrons. The first-order valence-electron chi connectivity index (χ1n) is 7.96. The van der Waals surface area contributed by atoms with E-state index in [1.54, 1.807) is 4.83 Å². The first-order chi connectivity index (χ1) is 12.4. The lowest BCUT2D eigenvalue weighted by atomic mass is 10.0. The van der Waals surface area contributed by atoms with Gasteiger partial charge in [-0.05, 0) is 36.6 Å². The normalized spacial score (nSPS) is 14.0. The molecule has 26 heavy (non-hydrogen) atoms. The number of nitrogens with zero attached hydrogens (tertiary/aromatic N) is 1. The Balaban J connectivity index is 1.67. The van der Waals surface area contributed by atoms with Gasteiger partial charge >= 0.3 is 0 Å². The fourth-order valence-electron chi connectivity index (χ4n) is 2.90. The first kappa shape index (κ1) is 18.3. The van der Waals surface area contributed by atoms with Gasteiger partial charge in [0.1, 0.15) is 11.6 Å². The van der Waals surface area contributed by atoms with Crippen LogP contribution < -0.4 is 15.2 Å². The van der Waals surface area contributed by atoms with Crippen molar-refractivity contribution in [3.8, 4) is 0 Å². The fraction of sp³-hybridized carbons (Fsp3) is 0.235. The monoisotopic (exact) mass is 381 g/mol. The van der Waals surface area contributed by atoms with E-state index in [1.807, 2.05) is 34.6 Å². The second-order valence-corrected chi connectivity index (χ2v) is 7.48. The van der Waals surface area contributed by atoms with E-state index in [2.05, 4.69) is 0 Å². The molecule has 2 aromatic rings. The van der Waals surface area contributed by atoms with Crippen molar-refractivity contribution in [1.29, 1.82) is 0 Å². The largest absolute Gasteiger partial charge is 0.362 e. The quantitative estimate of drug-likeness (QED) is 0.774. The van der Waals surface area contributed by atoms with Gasteiger partial charge in [0.15, 0.2) is 4.90 Å². The molecule has 0 bridgehead atoms. The molecule has 0 saturated heterocycles. The molecule has 6 nitrogen and oxygen atoms in total. The van der Waals surface area contributed by atoms with Gasteiger partial charge in [-0.3, -0.25) is 10.2 Å². The third-order valence-corrected chi connectivity index (χ3v) is 5.35. The van der Waals surface area contributed by atoms with E-state index in [4.69, 9.17) is 0 Å². The second kappa shape index (κ2) is 7.38. The van der Waals surface area contributed by atoms with Gasteiger partial charge in [0, 0.05) is 12.2 Å². The molecule has 0 saturated carbocycles. The number of hydrazine groups is 1. The summed E-state index contributed by atoms with van der Waals surface area (Å²) >= 11 is 0. The van der Waals surface area contributed by atoms with Crippen molar-refractivity contribution in [3.63, 3.8) is 0 Å². The molecule has 0 spiro atoms. The van der Waals surface area contributed by atoms with E-state index in [9.17, 15) is 22.0 Å². The number of sulfonamides is 1. The van der Waals surface area contributed by atoms with Crippen molar-refractivity contribution in [2.75, 3.05) is 18.0 Å². The van der Waals surface area contributed by atoms with Crippen LogP contribution in [0.4, 0.5) is 14.5 Å². The molecule has 9 heteroatoms. The van der Waals surface area contributed by atoms with E-state index < -0.39 is 32.5 Å². The Bertz CT molecular complexity index is 914. The Hall–Kier alpha value is -2.52. The minimum atomic E-state index is -4.57. The third kappa shape index (κ3) is 3.83. The summed E-state index contributed by atoms with van der Waals surface area (Å²) in [5, 5.41) is 0. The van der Waals surface area contributed by atoms with E-state index in [0.29, 0.717) is 6.54 Å². The summed E-state index contributed by atoms with van der Waals surface area (Å²) < 4.78 is 51.4. The number of rotatable bonds is 5. The zero-order valence-electron chi connectivity index (χ0n) is 13.7. The highest BCUT2D eigenvalue weighted by molar-refractivity contribution is 7.89. The van der Waals surface area contributed by atoms with E-state index in [-0.39, 0.29) is 6.54 Å². The first-order valence-corrected chi connectivity index (χ1v) is 9.44. The van der Waals surface area contributed by atoms with Crippen molar-refractivity contribution >= 4 is 21.6 Å². The second-order valence-electron chi connectivity index (χ2n) is 5.86. The number of amides is 1. The molecule has 0 radical (unpaired) electrons. The Labute approximate surface area is 149 Å².